The third-order valence-corrected chi connectivity index (χ3v) is 4.82. The molecule has 2 atom stereocenters. The average Bonchev–Trinajstić information content (AvgIpc) is 2.56. The van der Waals surface area contributed by atoms with Crippen molar-refractivity contribution in [3.8, 4) is 18.1 Å². The lowest BCUT2D eigenvalue weighted by molar-refractivity contribution is -0.274. The summed E-state index contributed by atoms with van der Waals surface area (Å²) in [4.78, 5) is 25.5. The summed E-state index contributed by atoms with van der Waals surface area (Å²) in [5, 5.41) is 9.46. The number of carboxylic acid groups (broad SMARTS) is 1. The van der Waals surface area contributed by atoms with Gasteiger partial charge in [0.05, 0.1) is 5.02 Å². The number of carbonyl (C=O) groups is 2. The van der Waals surface area contributed by atoms with E-state index in [-0.39, 0.29) is 24.4 Å². The average molecular weight is 404 g/mol. The second-order valence-corrected chi connectivity index (χ2v) is 6.89. The molecule has 0 saturated heterocycles. The van der Waals surface area contributed by atoms with Gasteiger partial charge in [0, 0.05) is 5.69 Å². The van der Waals surface area contributed by atoms with Crippen molar-refractivity contribution in [1.29, 1.82) is 0 Å². The maximum atomic E-state index is 12.4. The lowest BCUT2D eigenvalue weighted by Crippen LogP contribution is -2.59. The molecule has 1 aliphatic rings. The van der Waals surface area contributed by atoms with Crippen LogP contribution in [-0.2, 0) is 9.59 Å². The number of ether oxygens (including phenoxy) is 1. The minimum Gasteiger partial charge on any atom is -0.479 e. The topological polar surface area (TPSA) is 66.8 Å². The van der Waals surface area contributed by atoms with Crippen LogP contribution in [0.5, 0.6) is 5.75 Å². The minimum atomic E-state index is -4.94. The number of rotatable bonds is 4. The molecule has 2 rings (SSSR count). The minimum absolute atomic E-state index is 0.00558. The Morgan fingerprint density at radius 1 is 1.44 bits per heavy atom. The highest BCUT2D eigenvalue weighted by molar-refractivity contribution is 6.32. The van der Waals surface area contributed by atoms with Gasteiger partial charge in [-0.1, -0.05) is 31.4 Å². The highest BCUT2D eigenvalue weighted by atomic mass is 35.5. The molecule has 9 heteroatoms. The highest BCUT2D eigenvalue weighted by Crippen LogP contribution is 2.42. The quantitative estimate of drug-likeness (QED) is 0.764. The van der Waals surface area contributed by atoms with Crippen molar-refractivity contribution in [2.75, 3.05) is 4.90 Å². The van der Waals surface area contributed by atoms with Crippen molar-refractivity contribution >= 4 is 29.2 Å². The molecule has 146 valence electrons. The summed E-state index contributed by atoms with van der Waals surface area (Å²) in [7, 11) is 0. The van der Waals surface area contributed by atoms with Crippen LogP contribution in [0, 0.1) is 18.3 Å². The van der Waals surface area contributed by atoms with Gasteiger partial charge >= 0.3 is 18.2 Å². The lowest BCUT2D eigenvalue weighted by atomic mass is 9.75. The number of carboxylic acids is 1. The number of benzene rings is 1. The molecule has 0 aromatic heterocycles. The number of aliphatic carboxylic acids is 1. The Kier molecular flexibility index (Phi) is 5.95. The fraction of sp³-hybridized carbons (Fsp3) is 0.444. The summed E-state index contributed by atoms with van der Waals surface area (Å²) in [6.45, 7) is 1.86. The number of terminal acetylenes is 1. The third-order valence-electron chi connectivity index (χ3n) is 4.53. The normalized spacial score (nSPS) is 22.6. The number of nitrogens with zero attached hydrogens (tertiary/aromatic N) is 1. The van der Waals surface area contributed by atoms with Crippen molar-refractivity contribution in [2.24, 2.45) is 5.92 Å². The first-order chi connectivity index (χ1) is 12.5. The van der Waals surface area contributed by atoms with Gasteiger partial charge in [0.2, 0.25) is 0 Å². The largest absolute Gasteiger partial charge is 0.573 e. The Labute approximate surface area is 159 Å². The number of carbonyl (C=O) groups excluding carboxylic acids is 1. The Hall–Kier alpha value is -2.40. The van der Waals surface area contributed by atoms with Crippen molar-refractivity contribution in [2.45, 2.75) is 44.5 Å². The highest BCUT2D eigenvalue weighted by Gasteiger charge is 2.49. The van der Waals surface area contributed by atoms with Crippen LogP contribution in [0.4, 0.5) is 18.9 Å². The molecule has 1 aromatic rings. The van der Waals surface area contributed by atoms with Crippen molar-refractivity contribution in [1.82, 2.24) is 0 Å². The van der Waals surface area contributed by atoms with Gasteiger partial charge in [0.25, 0.3) is 0 Å². The summed E-state index contributed by atoms with van der Waals surface area (Å²) in [5.74, 6) is -0.890. The van der Waals surface area contributed by atoms with Crippen LogP contribution in [0.25, 0.3) is 0 Å². The zero-order chi connectivity index (χ0) is 20.4. The van der Waals surface area contributed by atoms with Crippen LogP contribution in [0.3, 0.4) is 0 Å². The van der Waals surface area contributed by atoms with E-state index < -0.39 is 34.5 Å². The lowest BCUT2D eigenvalue weighted by Gasteiger charge is -2.44. The molecule has 0 heterocycles. The van der Waals surface area contributed by atoms with Gasteiger partial charge in [-0.25, -0.2) is 4.79 Å². The van der Waals surface area contributed by atoms with Gasteiger partial charge in [0.15, 0.2) is 0 Å². The fourth-order valence-corrected chi connectivity index (χ4v) is 3.69. The van der Waals surface area contributed by atoms with Crippen LogP contribution < -0.4 is 9.64 Å². The smallest absolute Gasteiger partial charge is 0.479 e. The number of alkyl halides is 3. The number of hydrogen-bond donors (Lipinski definition) is 1. The molecule has 1 saturated carbocycles. The molecular weight excluding hydrogens is 387 g/mol. The molecule has 1 fully saturated rings. The molecule has 1 aliphatic carbocycles. The van der Waals surface area contributed by atoms with Crippen LogP contribution >= 0.6 is 11.6 Å². The standard InChI is InChI=1S/C18H17ClF3NO4/c1-3-15(24)23(17(16(25)26)8-4-5-11(2)10-17)12-6-7-14(13(19)9-12)27-18(20,21)22/h1,6-7,9,11H,4-5,8,10H2,2H3,(H,25,26)/t11-,17?/m1/s1. The Bertz CT molecular complexity index is 790. The Morgan fingerprint density at radius 2 is 2.11 bits per heavy atom. The van der Waals surface area contributed by atoms with E-state index in [1.807, 2.05) is 12.8 Å². The van der Waals surface area contributed by atoms with Crippen LogP contribution in [0.15, 0.2) is 18.2 Å². The van der Waals surface area contributed by atoms with E-state index in [4.69, 9.17) is 18.0 Å². The van der Waals surface area contributed by atoms with E-state index in [9.17, 15) is 27.9 Å². The zero-order valence-electron chi connectivity index (χ0n) is 14.3. The predicted molar refractivity (Wildman–Crippen MR) is 92.5 cm³/mol. The SMILES string of the molecule is C#CC(=O)N(c1ccc(OC(F)(F)F)c(Cl)c1)C1(C(=O)O)CCC[C@@H](C)C1. The molecule has 0 radical (unpaired) electrons. The predicted octanol–water partition coefficient (Wildman–Crippen LogP) is 4.24. The van der Waals surface area contributed by atoms with Gasteiger partial charge in [-0.15, -0.1) is 19.6 Å². The molecule has 0 aliphatic heterocycles. The maximum Gasteiger partial charge on any atom is 0.573 e. The van der Waals surface area contributed by atoms with Gasteiger partial charge in [-0.2, -0.15) is 0 Å². The fourth-order valence-electron chi connectivity index (χ4n) is 3.48. The van der Waals surface area contributed by atoms with Crippen molar-refractivity contribution < 1.29 is 32.6 Å². The molecular formula is C18H17ClF3NO4. The second-order valence-electron chi connectivity index (χ2n) is 6.49. The van der Waals surface area contributed by atoms with Gasteiger partial charge in [-0.3, -0.25) is 9.69 Å². The summed E-state index contributed by atoms with van der Waals surface area (Å²) in [6.07, 6.45) is 1.96. The number of anilines is 1. The van der Waals surface area contributed by atoms with E-state index in [0.29, 0.717) is 6.42 Å². The Balaban J connectivity index is 2.54. The van der Waals surface area contributed by atoms with Crippen LogP contribution in [0.2, 0.25) is 5.02 Å². The van der Waals surface area contributed by atoms with E-state index in [2.05, 4.69) is 4.74 Å². The molecule has 1 amide bonds. The molecule has 1 unspecified atom stereocenters. The van der Waals surface area contributed by atoms with Gasteiger partial charge < -0.3 is 9.84 Å². The molecule has 0 spiro atoms. The number of hydrogen-bond acceptors (Lipinski definition) is 3. The van der Waals surface area contributed by atoms with Crippen molar-refractivity contribution in [3.05, 3.63) is 23.2 Å². The number of halogens is 4. The Morgan fingerprint density at radius 3 is 2.59 bits per heavy atom. The van der Waals surface area contributed by atoms with Gasteiger partial charge in [0.1, 0.15) is 11.3 Å². The zero-order valence-corrected chi connectivity index (χ0v) is 15.1. The van der Waals surface area contributed by atoms with Crippen LogP contribution in [-0.4, -0.2) is 28.9 Å². The number of amides is 1. The van der Waals surface area contributed by atoms with Gasteiger partial charge in [-0.05, 0) is 42.9 Å². The summed E-state index contributed by atoms with van der Waals surface area (Å²) in [6, 6.07) is 3.09. The van der Waals surface area contributed by atoms with Crippen molar-refractivity contribution in [3.63, 3.8) is 0 Å². The summed E-state index contributed by atoms with van der Waals surface area (Å²) in [5.41, 5.74) is -1.61. The third kappa shape index (κ3) is 4.48. The monoisotopic (exact) mass is 403 g/mol. The maximum absolute atomic E-state index is 12.4. The van der Waals surface area contributed by atoms with Crippen LogP contribution in [0.1, 0.15) is 32.6 Å². The van der Waals surface area contributed by atoms with E-state index in [1.165, 1.54) is 0 Å². The molecule has 1 N–H and O–H groups in total. The first-order valence-corrected chi connectivity index (χ1v) is 8.47. The molecule has 27 heavy (non-hydrogen) atoms. The molecule has 5 nitrogen and oxygen atoms in total. The molecule has 0 bridgehead atoms. The first kappa shape index (κ1) is 20.9. The summed E-state index contributed by atoms with van der Waals surface area (Å²) < 4.78 is 41.0. The summed E-state index contributed by atoms with van der Waals surface area (Å²) >= 11 is 5.86. The van der Waals surface area contributed by atoms with E-state index in [1.54, 1.807) is 0 Å². The van der Waals surface area contributed by atoms with E-state index >= 15 is 0 Å². The van der Waals surface area contributed by atoms with E-state index in [0.717, 1.165) is 29.5 Å². The molecule has 1 aromatic carbocycles. The second kappa shape index (κ2) is 7.69. The first-order valence-electron chi connectivity index (χ1n) is 8.09.